The third kappa shape index (κ3) is 8.10. The first-order valence-corrected chi connectivity index (χ1v) is 18.9. The number of aromatic nitrogens is 4. The van der Waals surface area contributed by atoms with Gasteiger partial charge in [0, 0.05) is 62.8 Å². The van der Waals surface area contributed by atoms with Gasteiger partial charge in [-0.05, 0) is 56.0 Å². The molecule has 5 heterocycles. The number of aromatic amines is 1. The Morgan fingerprint density at radius 1 is 0.982 bits per heavy atom. The van der Waals surface area contributed by atoms with Gasteiger partial charge in [0.2, 0.25) is 17.7 Å². The van der Waals surface area contributed by atoms with Crippen molar-refractivity contribution in [3.8, 4) is 17.1 Å². The molecule has 4 amide bonds. The van der Waals surface area contributed by atoms with Crippen LogP contribution in [0.1, 0.15) is 54.9 Å². The maximum Gasteiger partial charge on any atom is 0.257 e. The largest absolute Gasteiger partial charge is 0.488 e. The highest BCUT2D eigenvalue weighted by molar-refractivity contribution is 6.07. The van der Waals surface area contributed by atoms with Gasteiger partial charge < -0.3 is 34.2 Å². The van der Waals surface area contributed by atoms with Crippen LogP contribution in [0.3, 0.4) is 0 Å². The van der Waals surface area contributed by atoms with Crippen LogP contribution in [0.15, 0.2) is 48.8 Å². The number of hydrogen-bond acceptors (Lipinski definition) is 12. The smallest absolute Gasteiger partial charge is 0.257 e. The monoisotopic (exact) mass is 751 g/mol. The average molecular weight is 752 g/mol. The van der Waals surface area contributed by atoms with Crippen molar-refractivity contribution in [2.45, 2.75) is 57.2 Å². The molecule has 3 aliphatic heterocycles. The Hall–Kier alpha value is -5.61. The van der Waals surface area contributed by atoms with E-state index in [9.17, 15) is 19.2 Å². The van der Waals surface area contributed by atoms with Gasteiger partial charge in [0.1, 0.15) is 35.2 Å². The summed E-state index contributed by atoms with van der Waals surface area (Å²) in [5, 5.41) is 14.2. The zero-order valence-corrected chi connectivity index (χ0v) is 30.8. The van der Waals surface area contributed by atoms with E-state index >= 15 is 0 Å². The molecule has 2 aromatic carbocycles. The molecule has 0 spiro atoms. The summed E-state index contributed by atoms with van der Waals surface area (Å²) in [6, 6.07) is 12.8. The van der Waals surface area contributed by atoms with Crippen LogP contribution in [0.5, 0.6) is 5.75 Å². The second-order valence-electron chi connectivity index (χ2n) is 14.6. The molecule has 2 saturated heterocycles. The summed E-state index contributed by atoms with van der Waals surface area (Å²) >= 11 is 0. The van der Waals surface area contributed by atoms with Crippen LogP contribution in [0, 0.1) is 0 Å². The van der Waals surface area contributed by atoms with E-state index in [1.807, 2.05) is 47.4 Å². The van der Waals surface area contributed by atoms with Crippen molar-refractivity contribution in [2.75, 3.05) is 69.4 Å². The van der Waals surface area contributed by atoms with Crippen molar-refractivity contribution in [1.82, 2.24) is 35.3 Å². The molecule has 4 aliphatic rings. The molecule has 3 N–H and O–H groups in total. The van der Waals surface area contributed by atoms with Gasteiger partial charge in [0.15, 0.2) is 0 Å². The fourth-order valence-corrected chi connectivity index (χ4v) is 7.31. The minimum absolute atomic E-state index is 0.0512. The van der Waals surface area contributed by atoms with Crippen LogP contribution < -0.4 is 20.3 Å². The number of ether oxygens (including phenoxy) is 3. The van der Waals surface area contributed by atoms with Crippen molar-refractivity contribution < 1.29 is 33.4 Å². The lowest BCUT2D eigenvalue weighted by Gasteiger charge is -2.35. The fraction of sp³-hybridized carbons (Fsp3) is 0.462. The second-order valence-corrected chi connectivity index (χ2v) is 14.6. The Morgan fingerprint density at radius 2 is 1.80 bits per heavy atom. The summed E-state index contributed by atoms with van der Waals surface area (Å²) in [5.74, 6) is 0.710. The molecule has 16 nitrogen and oxygen atoms in total. The molecule has 1 saturated carbocycles. The number of anilines is 2. The van der Waals surface area contributed by atoms with E-state index in [0.29, 0.717) is 89.8 Å². The molecule has 4 aromatic rings. The molecule has 288 valence electrons. The molecule has 1 atom stereocenters. The van der Waals surface area contributed by atoms with E-state index in [1.165, 1.54) is 4.90 Å². The highest BCUT2D eigenvalue weighted by Crippen LogP contribution is 2.40. The average Bonchev–Trinajstić information content (AvgIpc) is 3.60. The molecular weight excluding hydrogens is 706 g/mol. The Morgan fingerprint density at radius 3 is 2.60 bits per heavy atom. The fourth-order valence-electron chi connectivity index (χ4n) is 7.31. The van der Waals surface area contributed by atoms with Crippen molar-refractivity contribution in [1.29, 1.82) is 0 Å². The lowest BCUT2D eigenvalue weighted by atomic mass is 10.0. The van der Waals surface area contributed by atoms with E-state index in [1.54, 1.807) is 6.33 Å². The zero-order chi connectivity index (χ0) is 37.9. The quantitative estimate of drug-likeness (QED) is 0.119. The Kier molecular flexibility index (Phi) is 10.3. The number of carbonyl (C=O) groups excluding carboxylic acids is 4. The van der Waals surface area contributed by atoms with Gasteiger partial charge in [-0.3, -0.25) is 29.6 Å². The van der Waals surface area contributed by atoms with E-state index in [2.05, 4.69) is 42.6 Å². The minimum atomic E-state index is -0.653. The number of benzene rings is 2. The first-order chi connectivity index (χ1) is 26.7. The lowest BCUT2D eigenvalue weighted by molar-refractivity contribution is -0.137. The first kappa shape index (κ1) is 36.4. The molecule has 55 heavy (non-hydrogen) atoms. The van der Waals surface area contributed by atoms with E-state index < -0.39 is 11.9 Å². The van der Waals surface area contributed by atoms with Crippen LogP contribution in [0.4, 0.5) is 11.5 Å². The number of imide groups is 1. The molecule has 0 bridgehead atoms. The number of piperazine rings is 1. The normalized spacial score (nSPS) is 19.1. The number of H-pyrrole nitrogens is 1. The van der Waals surface area contributed by atoms with Gasteiger partial charge in [0.05, 0.1) is 49.6 Å². The second kappa shape index (κ2) is 15.6. The molecule has 1 aliphatic carbocycles. The standard InChI is InChI=1S/C39H45N9O7/c1-39(10-11-39)55-26-5-6-28-27(21-26)36(45-44-28)30-22-32(42-24-41-30)46-13-15-47(16-14-46)34(50)9-17-53-19-20-54-18-12-40-29-4-2-3-25-23-48(38(52)35(25)29)31-7-8-33(49)43-37(31)51/h2-6,21-22,24,31,40H,7-20,23H2,1H3,(H,44,45)(H,43,49,51). The molecule has 1 unspecified atom stereocenters. The topological polar surface area (TPSA) is 184 Å². The molecular formula is C39H45N9O7. The van der Waals surface area contributed by atoms with E-state index in [0.717, 1.165) is 52.3 Å². The van der Waals surface area contributed by atoms with Crippen LogP contribution in [0.25, 0.3) is 22.3 Å². The summed E-state index contributed by atoms with van der Waals surface area (Å²) < 4.78 is 17.6. The number of fused-ring (bicyclic) bond motifs is 2. The number of nitrogens with zero attached hydrogens (tertiary/aromatic N) is 6. The van der Waals surface area contributed by atoms with E-state index in [-0.39, 0.29) is 29.7 Å². The number of amides is 4. The van der Waals surface area contributed by atoms with Gasteiger partial charge >= 0.3 is 0 Å². The maximum atomic E-state index is 13.3. The molecule has 0 radical (unpaired) electrons. The summed E-state index contributed by atoms with van der Waals surface area (Å²) in [5.41, 5.74) is 4.38. The van der Waals surface area contributed by atoms with Gasteiger partial charge in [-0.2, -0.15) is 5.10 Å². The summed E-state index contributed by atoms with van der Waals surface area (Å²) in [4.78, 5) is 64.7. The summed E-state index contributed by atoms with van der Waals surface area (Å²) in [6.07, 6.45) is 4.51. The highest BCUT2D eigenvalue weighted by atomic mass is 16.5. The number of carbonyl (C=O) groups is 4. The Balaban J connectivity index is 0.724. The molecule has 16 heteroatoms. The van der Waals surface area contributed by atoms with Gasteiger partial charge in [-0.15, -0.1) is 0 Å². The number of piperidine rings is 1. The summed E-state index contributed by atoms with van der Waals surface area (Å²) in [6.45, 7) is 6.83. The first-order valence-electron chi connectivity index (χ1n) is 18.9. The Labute approximate surface area is 317 Å². The predicted octanol–water partition coefficient (Wildman–Crippen LogP) is 2.90. The van der Waals surface area contributed by atoms with Crippen molar-refractivity contribution in [3.05, 3.63) is 59.9 Å². The van der Waals surface area contributed by atoms with Crippen molar-refractivity contribution >= 4 is 46.0 Å². The Bertz CT molecular complexity index is 2090. The third-order valence-electron chi connectivity index (χ3n) is 10.7. The lowest BCUT2D eigenvalue weighted by Crippen LogP contribution is -2.52. The van der Waals surface area contributed by atoms with Gasteiger partial charge in [-0.1, -0.05) is 12.1 Å². The van der Waals surface area contributed by atoms with Crippen LogP contribution in [-0.2, 0) is 30.4 Å². The molecule has 8 rings (SSSR count). The maximum absolute atomic E-state index is 13.3. The highest BCUT2D eigenvalue weighted by Gasteiger charge is 2.41. The number of hydrogen-bond donors (Lipinski definition) is 3. The van der Waals surface area contributed by atoms with Crippen LogP contribution in [0.2, 0.25) is 0 Å². The van der Waals surface area contributed by atoms with Crippen LogP contribution >= 0.6 is 0 Å². The van der Waals surface area contributed by atoms with Crippen LogP contribution in [-0.4, -0.2) is 124 Å². The van der Waals surface area contributed by atoms with Crippen molar-refractivity contribution in [2.24, 2.45) is 0 Å². The zero-order valence-electron chi connectivity index (χ0n) is 30.8. The predicted molar refractivity (Wildman–Crippen MR) is 201 cm³/mol. The molecule has 2 aromatic heterocycles. The third-order valence-corrected chi connectivity index (χ3v) is 10.7. The van der Waals surface area contributed by atoms with Gasteiger partial charge in [-0.25, -0.2) is 9.97 Å². The number of rotatable bonds is 15. The minimum Gasteiger partial charge on any atom is -0.488 e. The SMILES string of the molecule is CC1(Oc2ccc3[nH]nc(-c4cc(N5CCN(C(=O)CCOCCOCCNc6cccc7c6C(=O)N(C6CCC(=O)NC6=O)C7)CC5)ncn4)c3c2)CC1. The number of nitrogens with one attached hydrogen (secondary N) is 3. The summed E-state index contributed by atoms with van der Waals surface area (Å²) in [7, 11) is 0. The molecule has 3 fully saturated rings. The van der Waals surface area contributed by atoms with Crippen molar-refractivity contribution in [3.63, 3.8) is 0 Å². The van der Waals surface area contributed by atoms with Gasteiger partial charge in [0.25, 0.3) is 5.91 Å². The van der Waals surface area contributed by atoms with E-state index in [4.69, 9.17) is 14.2 Å².